The number of hydrogen-bond acceptors (Lipinski definition) is 6. The van der Waals surface area contributed by atoms with Gasteiger partial charge in [0.2, 0.25) is 11.7 Å². The minimum atomic E-state index is -4.60. The van der Waals surface area contributed by atoms with Gasteiger partial charge in [-0.05, 0) is 18.2 Å². The molecule has 0 radical (unpaired) electrons. The fourth-order valence-corrected chi connectivity index (χ4v) is 3.24. The molecule has 4 aromatic rings. The van der Waals surface area contributed by atoms with Crippen LogP contribution in [0.25, 0.3) is 5.52 Å². The van der Waals surface area contributed by atoms with E-state index >= 15 is 0 Å². The van der Waals surface area contributed by atoms with E-state index in [1.807, 2.05) is 13.8 Å². The Morgan fingerprint density at radius 3 is 2.64 bits per heavy atom. The maximum Gasteiger partial charge on any atom is 0.435 e. The number of aromatic nitrogens is 6. The molecule has 0 unspecified atom stereocenters. The highest BCUT2D eigenvalue weighted by Gasteiger charge is 2.33. The molecule has 4 rings (SSSR count). The van der Waals surface area contributed by atoms with Gasteiger partial charge in [0.25, 0.3) is 0 Å². The van der Waals surface area contributed by atoms with Crippen molar-refractivity contribution in [3.05, 3.63) is 72.0 Å². The largest absolute Gasteiger partial charge is 0.435 e. The lowest BCUT2D eigenvalue weighted by Crippen LogP contribution is -2.20. The van der Waals surface area contributed by atoms with E-state index < -0.39 is 24.3 Å². The van der Waals surface area contributed by atoms with Crippen molar-refractivity contribution in [3.63, 3.8) is 0 Å². The number of anilines is 1. The standard InChI is InChI=1S/C21H18F3N7O2/c1-12(2)20-28-18(14-10-25-6-8-31(14)20)19(33)13-3-5-26-16(9-13)27-17(32)11-30-7-4-15(29-30)21(22,23)24/h3-10,12H,11H2,1-2H3,(H,26,27,32). The van der Waals surface area contributed by atoms with Gasteiger partial charge < -0.3 is 5.32 Å². The fraction of sp³-hybridized carbons (Fsp3) is 0.238. The first kappa shape index (κ1) is 22.1. The lowest BCUT2D eigenvalue weighted by Gasteiger charge is -2.06. The predicted octanol–water partition coefficient (Wildman–Crippen LogP) is 3.33. The van der Waals surface area contributed by atoms with E-state index in [0.29, 0.717) is 11.3 Å². The molecule has 1 N–H and O–H groups in total. The molecular formula is C21H18F3N7O2. The zero-order valence-electron chi connectivity index (χ0n) is 17.5. The summed E-state index contributed by atoms with van der Waals surface area (Å²) in [4.78, 5) is 38.0. The van der Waals surface area contributed by atoms with Gasteiger partial charge in [0.1, 0.15) is 23.9 Å². The molecule has 0 aliphatic rings. The molecule has 1 amide bonds. The predicted molar refractivity (Wildman–Crippen MR) is 111 cm³/mol. The first-order valence-corrected chi connectivity index (χ1v) is 9.86. The van der Waals surface area contributed by atoms with Crippen molar-refractivity contribution < 1.29 is 22.8 Å². The Morgan fingerprint density at radius 2 is 1.94 bits per heavy atom. The van der Waals surface area contributed by atoms with E-state index in [1.54, 1.807) is 23.0 Å². The van der Waals surface area contributed by atoms with Crippen LogP contribution in [-0.4, -0.2) is 40.8 Å². The van der Waals surface area contributed by atoms with Gasteiger partial charge in [0.15, 0.2) is 5.69 Å². The normalized spacial score (nSPS) is 11.8. The second-order valence-corrected chi connectivity index (χ2v) is 7.51. The second kappa shape index (κ2) is 8.45. The molecule has 0 aromatic carbocycles. The molecule has 0 saturated carbocycles. The van der Waals surface area contributed by atoms with Crippen LogP contribution in [0.4, 0.5) is 19.0 Å². The van der Waals surface area contributed by atoms with Crippen molar-refractivity contribution in [2.24, 2.45) is 0 Å². The molecule has 4 aromatic heterocycles. The van der Waals surface area contributed by atoms with Crippen LogP contribution in [-0.2, 0) is 17.5 Å². The van der Waals surface area contributed by atoms with Crippen LogP contribution in [0.15, 0.2) is 49.2 Å². The number of carbonyl (C=O) groups excluding carboxylic acids is 2. The van der Waals surface area contributed by atoms with Crippen LogP contribution in [0.3, 0.4) is 0 Å². The number of fused-ring (bicyclic) bond motifs is 1. The highest BCUT2D eigenvalue weighted by Crippen LogP contribution is 2.27. The monoisotopic (exact) mass is 457 g/mol. The SMILES string of the molecule is CC(C)c1nc(C(=O)c2ccnc(NC(=O)Cn3ccc(C(F)(F)F)n3)c2)c2cnccn12. The first-order valence-electron chi connectivity index (χ1n) is 9.86. The molecule has 170 valence electrons. The zero-order valence-corrected chi connectivity index (χ0v) is 17.5. The summed E-state index contributed by atoms with van der Waals surface area (Å²) in [5.41, 5.74) is -0.0966. The van der Waals surface area contributed by atoms with Gasteiger partial charge in [-0.25, -0.2) is 9.97 Å². The van der Waals surface area contributed by atoms with Crippen molar-refractivity contribution >= 4 is 23.0 Å². The van der Waals surface area contributed by atoms with Gasteiger partial charge in [-0.3, -0.25) is 23.7 Å². The van der Waals surface area contributed by atoms with Crippen molar-refractivity contribution in [2.75, 3.05) is 5.32 Å². The second-order valence-electron chi connectivity index (χ2n) is 7.51. The summed E-state index contributed by atoms with van der Waals surface area (Å²) in [6.45, 7) is 3.46. The maximum atomic E-state index is 13.2. The number of imidazole rings is 1. The lowest BCUT2D eigenvalue weighted by atomic mass is 10.1. The summed E-state index contributed by atoms with van der Waals surface area (Å²) in [7, 11) is 0. The lowest BCUT2D eigenvalue weighted by molar-refractivity contribution is -0.141. The number of amides is 1. The van der Waals surface area contributed by atoms with Crippen LogP contribution in [0.1, 0.15) is 47.3 Å². The molecular weight excluding hydrogens is 439 g/mol. The minimum absolute atomic E-state index is 0.0638. The average molecular weight is 457 g/mol. The summed E-state index contributed by atoms with van der Waals surface area (Å²) in [6.07, 6.45) is 2.69. The minimum Gasteiger partial charge on any atom is -0.309 e. The summed E-state index contributed by atoms with van der Waals surface area (Å²) in [5, 5.41) is 5.80. The van der Waals surface area contributed by atoms with Crippen molar-refractivity contribution in [1.29, 1.82) is 0 Å². The first-order chi connectivity index (χ1) is 15.6. The Balaban J connectivity index is 1.54. The molecule has 0 fully saturated rings. The molecule has 33 heavy (non-hydrogen) atoms. The molecule has 0 spiro atoms. The molecule has 0 aliphatic heterocycles. The summed E-state index contributed by atoms with van der Waals surface area (Å²) in [6, 6.07) is 3.64. The van der Waals surface area contributed by atoms with Crippen LogP contribution in [0.5, 0.6) is 0 Å². The summed E-state index contributed by atoms with van der Waals surface area (Å²) < 4.78 is 40.6. The van der Waals surface area contributed by atoms with Crippen LogP contribution in [0.2, 0.25) is 0 Å². The van der Waals surface area contributed by atoms with Gasteiger partial charge in [0, 0.05) is 36.3 Å². The van der Waals surface area contributed by atoms with Crippen LogP contribution >= 0.6 is 0 Å². The topological polar surface area (TPSA) is 107 Å². The highest BCUT2D eigenvalue weighted by atomic mass is 19.4. The van der Waals surface area contributed by atoms with Crippen molar-refractivity contribution in [1.82, 2.24) is 29.1 Å². The van der Waals surface area contributed by atoms with Crippen molar-refractivity contribution in [3.8, 4) is 0 Å². The number of nitrogens with zero attached hydrogens (tertiary/aromatic N) is 6. The van der Waals surface area contributed by atoms with Crippen molar-refractivity contribution in [2.45, 2.75) is 32.5 Å². The zero-order chi connectivity index (χ0) is 23.8. The van der Waals surface area contributed by atoms with Gasteiger partial charge in [-0.15, -0.1) is 0 Å². The van der Waals surface area contributed by atoms with Crippen LogP contribution < -0.4 is 5.32 Å². The Kier molecular flexibility index (Phi) is 5.66. The number of pyridine rings is 1. The Bertz CT molecular complexity index is 1340. The number of hydrogen-bond donors (Lipinski definition) is 1. The van der Waals surface area contributed by atoms with Gasteiger partial charge in [-0.2, -0.15) is 18.3 Å². The molecule has 0 atom stereocenters. The summed E-state index contributed by atoms with van der Waals surface area (Å²) in [5.74, 6) is -0.195. The van der Waals surface area contributed by atoms with E-state index in [-0.39, 0.29) is 28.8 Å². The van der Waals surface area contributed by atoms with Gasteiger partial charge >= 0.3 is 6.18 Å². The summed E-state index contributed by atoms with van der Waals surface area (Å²) >= 11 is 0. The third-order valence-corrected chi connectivity index (χ3v) is 4.73. The maximum absolute atomic E-state index is 13.2. The van der Waals surface area contributed by atoms with Gasteiger partial charge in [-0.1, -0.05) is 13.8 Å². The fourth-order valence-electron chi connectivity index (χ4n) is 3.24. The van der Waals surface area contributed by atoms with E-state index in [1.165, 1.54) is 18.3 Å². The molecule has 12 heteroatoms. The average Bonchev–Trinajstić information content (AvgIpc) is 3.38. The quantitative estimate of drug-likeness (QED) is 0.445. The highest BCUT2D eigenvalue weighted by molar-refractivity contribution is 6.12. The smallest absolute Gasteiger partial charge is 0.309 e. The third kappa shape index (κ3) is 4.59. The van der Waals surface area contributed by atoms with E-state index in [9.17, 15) is 22.8 Å². The number of halogens is 3. The van der Waals surface area contributed by atoms with E-state index in [0.717, 1.165) is 16.9 Å². The number of rotatable bonds is 6. The molecule has 9 nitrogen and oxygen atoms in total. The Morgan fingerprint density at radius 1 is 1.15 bits per heavy atom. The van der Waals surface area contributed by atoms with Crippen LogP contribution in [0, 0.1) is 0 Å². The Hall–Kier alpha value is -4.09. The van der Waals surface area contributed by atoms with Gasteiger partial charge in [0.05, 0.1) is 11.7 Å². The number of alkyl halides is 3. The number of nitrogens with one attached hydrogen (secondary N) is 1. The molecule has 4 heterocycles. The molecule has 0 bridgehead atoms. The molecule has 0 aliphatic carbocycles. The van der Waals surface area contributed by atoms with E-state index in [2.05, 4.69) is 25.4 Å². The van der Waals surface area contributed by atoms with E-state index in [4.69, 9.17) is 0 Å². The third-order valence-electron chi connectivity index (χ3n) is 4.73. The Labute approximate surface area is 185 Å². The molecule has 0 saturated heterocycles. The number of ketones is 1. The number of carbonyl (C=O) groups is 2.